The first-order valence-corrected chi connectivity index (χ1v) is 11.2. The van der Waals surface area contributed by atoms with Gasteiger partial charge in [0.15, 0.2) is 0 Å². The van der Waals surface area contributed by atoms with Crippen LogP contribution in [-0.4, -0.2) is 40.8 Å². The molecule has 168 valence electrons. The van der Waals surface area contributed by atoms with E-state index < -0.39 is 0 Å². The molecule has 5 nitrogen and oxygen atoms in total. The lowest BCUT2D eigenvalue weighted by molar-refractivity contribution is -0.0684. The summed E-state index contributed by atoms with van der Waals surface area (Å²) < 4.78 is 19.2. The molecule has 1 fully saturated rings. The molecule has 1 aliphatic rings. The van der Waals surface area contributed by atoms with Crippen LogP contribution in [0.1, 0.15) is 49.3 Å². The van der Waals surface area contributed by atoms with Crippen molar-refractivity contribution in [2.24, 2.45) is 5.92 Å². The van der Waals surface area contributed by atoms with Crippen LogP contribution in [-0.2, 0) is 17.6 Å². The Hall–Kier alpha value is -2.86. The van der Waals surface area contributed by atoms with Crippen LogP contribution in [0.3, 0.4) is 0 Å². The highest BCUT2D eigenvalue weighted by molar-refractivity contribution is 5.53. The van der Waals surface area contributed by atoms with Crippen molar-refractivity contribution in [2.45, 2.75) is 45.1 Å². The van der Waals surface area contributed by atoms with E-state index in [1.165, 1.54) is 12.1 Å². The Kier molecular flexibility index (Phi) is 6.51. The van der Waals surface area contributed by atoms with E-state index in [0.29, 0.717) is 12.3 Å². The van der Waals surface area contributed by atoms with Crippen LogP contribution in [0.15, 0.2) is 55.0 Å². The molecule has 1 aromatic carbocycles. The van der Waals surface area contributed by atoms with E-state index >= 15 is 0 Å². The number of anilines is 1. The van der Waals surface area contributed by atoms with Gasteiger partial charge in [-0.3, -0.25) is 15.0 Å². The number of methoxy groups -OCH3 is 1. The van der Waals surface area contributed by atoms with Crippen molar-refractivity contribution >= 4 is 5.69 Å². The van der Waals surface area contributed by atoms with Crippen molar-refractivity contribution in [2.75, 3.05) is 25.1 Å². The molecule has 0 saturated carbocycles. The molecule has 0 N–H and O–H groups in total. The van der Waals surface area contributed by atoms with Gasteiger partial charge in [0.25, 0.3) is 0 Å². The summed E-state index contributed by atoms with van der Waals surface area (Å²) in [6, 6.07) is 11.1. The Bertz CT molecular complexity index is 1030. The summed E-state index contributed by atoms with van der Waals surface area (Å²) in [7, 11) is 1.80. The molecular formula is C26H31FN4O. The van der Waals surface area contributed by atoms with Gasteiger partial charge >= 0.3 is 0 Å². The first kappa shape index (κ1) is 22.3. The van der Waals surface area contributed by atoms with E-state index in [1.807, 2.05) is 12.1 Å². The molecule has 6 heteroatoms. The quantitative estimate of drug-likeness (QED) is 0.509. The molecule has 1 aliphatic heterocycles. The minimum Gasteiger partial charge on any atom is -0.374 e. The smallest absolute Gasteiger partial charge is 0.123 e. The fourth-order valence-electron chi connectivity index (χ4n) is 4.35. The SMILES string of the molecule is COC1(C(C)C)CN(c2cc(Cc3cnccn3)nc(C[C@@H](C)c3ccc(F)cc3)c2)C1. The van der Waals surface area contributed by atoms with E-state index in [9.17, 15) is 4.39 Å². The van der Waals surface area contributed by atoms with Gasteiger partial charge in [-0.1, -0.05) is 32.9 Å². The molecule has 0 spiro atoms. The van der Waals surface area contributed by atoms with Crippen LogP contribution in [0, 0.1) is 11.7 Å². The zero-order chi connectivity index (χ0) is 22.7. The number of hydrogen-bond acceptors (Lipinski definition) is 5. The molecule has 1 saturated heterocycles. The highest BCUT2D eigenvalue weighted by Crippen LogP contribution is 2.36. The van der Waals surface area contributed by atoms with Gasteiger partial charge in [-0.25, -0.2) is 4.39 Å². The number of rotatable bonds is 8. The molecule has 2 aromatic heterocycles. The van der Waals surface area contributed by atoms with Crippen LogP contribution in [0.25, 0.3) is 0 Å². The molecule has 0 bridgehead atoms. The highest BCUT2D eigenvalue weighted by atomic mass is 19.1. The zero-order valence-electron chi connectivity index (χ0n) is 19.3. The Morgan fingerprint density at radius 1 is 1.03 bits per heavy atom. The van der Waals surface area contributed by atoms with Crippen molar-refractivity contribution in [1.82, 2.24) is 15.0 Å². The second kappa shape index (κ2) is 9.33. The lowest BCUT2D eigenvalue weighted by Crippen LogP contribution is -2.65. The summed E-state index contributed by atoms with van der Waals surface area (Å²) >= 11 is 0. The molecule has 0 unspecified atom stereocenters. The lowest BCUT2D eigenvalue weighted by Gasteiger charge is -2.52. The van der Waals surface area contributed by atoms with Crippen LogP contribution in [0.5, 0.6) is 0 Å². The largest absolute Gasteiger partial charge is 0.374 e. The van der Waals surface area contributed by atoms with Crippen molar-refractivity contribution in [3.8, 4) is 0 Å². The second-order valence-corrected chi connectivity index (χ2v) is 9.12. The number of pyridine rings is 1. The maximum atomic E-state index is 13.3. The third-order valence-corrected chi connectivity index (χ3v) is 6.59. The number of hydrogen-bond donors (Lipinski definition) is 0. The van der Waals surface area contributed by atoms with Crippen molar-refractivity contribution < 1.29 is 9.13 Å². The van der Waals surface area contributed by atoms with Gasteiger partial charge in [0, 0.05) is 62.3 Å². The average Bonchev–Trinajstić information content (AvgIpc) is 2.74. The average molecular weight is 435 g/mol. The third-order valence-electron chi connectivity index (χ3n) is 6.59. The van der Waals surface area contributed by atoms with Gasteiger partial charge in [-0.15, -0.1) is 0 Å². The molecule has 0 aliphatic carbocycles. The Morgan fingerprint density at radius 2 is 1.75 bits per heavy atom. The predicted molar refractivity (Wildman–Crippen MR) is 124 cm³/mol. The van der Waals surface area contributed by atoms with Gasteiger partial charge in [0.2, 0.25) is 0 Å². The third kappa shape index (κ3) is 4.80. The van der Waals surface area contributed by atoms with Gasteiger partial charge in [0.05, 0.1) is 5.69 Å². The highest BCUT2D eigenvalue weighted by Gasteiger charge is 2.46. The summed E-state index contributed by atoms with van der Waals surface area (Å²) in [6.45, 7) is 8.30. The molecule has 3 aromatic rings. The first-order chi connectivity index (χ1) is 15.4. The van der Waals surface area contributed by atoms with Crippen molar-refractivity contribution in [3.63, 3.8) is 0 Å². The van der Waals surface area contributed by atoms with E-state index in [0.717, 1.165) is 47.8 Å². The van der Waals surface area contributed by atoms with Crippen LogP contribution >= 0.6 is 0 Å². The molecular weight excluding hydrogens is 403 g/mol. The van der Waals surface area contributed by atoms with Crippen LogP contribution in [0.4, 0.5) is 10.1 Å². The van der Waals surface area contributed by atoms with Crippen molar-refractivity contribution in [3.05, 3.63) is 83.5 Å². The number of ether oxygens (including phenoxy) is 1. The van der Waals surface area contributed by atoms with E-state index in [2.05, 4.69) is 47.8 Å². The van der Waals surface area contributed by atoms with E-state index in [-0.39, 0.29) is 17.3 Å². The fourth-order valence-corrected chi connectivity index (χ4v) is 4.35. The second-order valence-electron chi connectivity index (χ2n) is 9.12. The molecule has 3 heterocycles. The molecule has 1 atom stereocenters. The summed E-state index contributed by atoms with van der Waals surface area (Å²) in [5, 5.41) is 0. The minimum absolute atomic E-state index is 0.101. The molecule has 0 amide bonds. The topological polar surface area (TPSA) is 51.1 Å². The van der Waals surface area contributed by atoms with Crippen LogP contribution in [0.2, 0.25) is 0 Å². The van der Waals surface area contributed by atoms with E-state index in [4.69, 9.17) is 9.72 Å². The lowest BCUT2D eigenvalue weighted by atomic mass is 9.82. The standard InChI is InChI=1S/C26H31FN4O/c1-18(2)26(32-4)16-31(17-26)25-13-22(11-19(3)20-5-7-21(27)8-6-20)30-23(14-25)12-24-15-28-9-10-29-24/h5-10,13-15,18-19H,11-12,16-17H2,1-4H3/t19-/m1/s1. The van der Waals surface area contributed by atoms with Gasteiger partial charge < -0.3 is 9.64 Å². The van der Waals surface area contributed by atoms with Crippen molar-refractivity contribution in [1.29, 1.82) is 0 Å². The maximum Gasteiger partial charge on any atom is 0.123 e. The maximum absolute atomic E-state index is 13.3. The van der Waals surface area contributed by atoms with Gasteiger partial charge in [0.1, 0.15) is 11.4 Å². The van der Waals surface area contributed by atoms with Gasteiger partial charge in [-0.2, -0.15) is 0 Å². The monoisotopic (exact) mass is 434 g/mol. The first-order valence-electron chi connectivity index (χ1n) is 11.2. The normalized spacial score (nSPS) is 16.1. The molecule has 32 heavy (non-hydrogen) atoms. The number of benzene rings is 1. The number of halogens is 1. The minimum atomic E-state index is -0.211. The molecule has 0 radical (unpaired) electrons. The summed E-state index contributed by atoms with van der Waals surface area (Å²) in [5.74, 6) is 0.465. The summed E-state index contributed by atoms with van der Waals surface area (Å²) in [5.41, 5.74) is 5.06. The molecule has 4 rings (SSSR count). The number of nitrogens with zero attached hydrogens (tertiary/aromatic N) is 4. The Morgan fingerprint density at radius 3 is 2.38 bits per heavy atom. The number of aromatic nitrogens is 3. The van der Waals surface area contributed by atoms with Crippen LogP contribution < -0.4 is 4.90 Å². The Balaban J connectivity index is 1.59. The van der Waals surface area contributed by atoms with Gasteiger partial charge in [-0.05, 0) is 48.1 Å². The fraction of sp³-hybridized carbons (Fsp3) is 0.423. The Labute approximate surface area is 189 Å². The predicted octanol–water partition coefficient (Wildman–Crippen LogP) is 4.81. The van der Waals surface area contributed by atoms with E-state index in [1.54, 1.807) is 25.7 Å². The zero-order valence-corrected chi connectivity index (χ0v) is 19.3. The summed E-state index contributed by atoms with van der Waals surface area (Å²) in [6.07, 6.45) is 6.59. The summed E-state index contributed by atoms with van der Waals surface area (Å²) in [4.78, 5) is 15.9.